The van der Waals surface area contributed by atoms with Crippen molar-refractivity contribution in [3.05, 3.63) is 99.8 Å². The van der Waals surface area contributed by atoms with E-state index in [-0.39, 0.29) is 22.7 Å². The molecule has 0 bridgehead atoms. The second-order valence-electron chi connectivity index (χ2n) is 7.03. The molecule has 0 saturated carbocycles. The fourth-order valence-electron chi connectivity index (χ4n) is 3.57. The van der Waals surface area contributed by atoms with Gasteiger partial charge in [-0.05, 0) is 38.1 Å². The first-order valence-electron chi connectivity index (χ1n) is 10.1. The summed E-state index contributed by atoms with van der Waals surface area (Å²) in [5, 5.41) is 0.612. The molecule has 0 fully saturated rings. The number of nitrogens with zero attached hydrogens (tertiary/aromatic N) is 1. The highest BCUT2D eigenvalue weighted by atomic mass is 16.4. The van der Waals surface area contributed by atoms with Crippen molar-refractivity contribution in [3.63, 3.8) is 0 Å². The number of benzene rings is 2. The molecule has 0 aliphatic heterocycles. The smallest absolute Gasteiger partial charge is 0.347 e. The maximum absolute atomic E-state index is 13.1. The number of ketones is 2. The van der Waals surface area contributed by atoms with E-state index in [1.165, 1.54) is 18.4 Å². The monoisotopic (exact) mass is 415 g/mol. The van der Waals surface area contributed by atoms with E-state index >= 15 is 0 Å². The average Bonchev–Trinajstić information content (AvgIpc) is 3.29. The fourth-order valence-corrected chi connectivity index (χ4v) is 3.57. The van der Waals surface area contributed by atoms with Crippen molar-refractivity contribution in [2.24, 2.45) is 0 Å². The predicted octanol–water partition coefficient (Wildman–Crippen LogP) is 4.69. The summed E-state index contributed by atoms with van der Waals surface area (Å²) in [6.45, 7) is 5.73. The van der Waals surface area contributed by atoms with E-state index in [1.54, 1.807) is 42.5 Å². The highest BCUT2D eigenvalue weighted by Gasteiger charge is 2.26. The lowest BCUT2D eigenvalue weighted by atomic mass is 10.00. The zero-order chi connectivity index (χ0) is 22.0. The minimum absolute atomic E-state index is 0.104. The number of furan rings is 1. The number of rotatable bonds is 7. The number of carbonyl (C=O) groups is 2. The first-order chi connectivity index (χ1) is 15.0. The molecule has 0 amide bonds. The van der Waals surface area contributed by atoms with Crippen LogP contribution in [0.2, 0.25) is 0 Å². The van der Waals surface area contributed by atoms with E-state index in [0.717, 1.165) is 18.8 Å². The van der Waals surface area contributed by atoms with Gasteiger partial charge in [-0.3, -0.25) is 9.59 Å². The number of fused-ring (bicyclic) bond motifs is 1. The molecule has 4 aromatic rings. The van der Waals surface area contributed by atoms with E-state index in [4.69, 9.17) is 8.83 Å². The Bertz CT molecular complexity index is 1310. The van der Waals surface area contributed by atoms with E-state index < -0.39 is 11.4 Å². The molecule has 0 spiro atoms. The van der Waals surface area contributed by atoms with Gasteiger partial charge in [-0.2, -0.15) is 0 Å². The van der Waals surface area contributed by atoms with Crippen molar-refractivity contribution in [1.29, 1.82) is 0 Å². The Morgan fingerprint density at radius 2 is 1.61 bits per heavy atom. The molecular weight excluding hydrogens is 394 g/mol. The summed E-state index contributed by atoms with van der Waals surface area (Å²) in [6, 6.07) is 17.0. The lowest BCUT2D eigenvalue weighted by molar-refractivity contribution is 0.0982. The normalized spacial score (nSPS) is 10.9. The van der Waals surface area contributed by atoms with E-state index in [1.807, 2.05) is 19.9 Å². The number of anilines is 1. The van der Waals surface area contributed by atoms with Gasteiger partial charge in [0.25, 0.3) is 0 Å². The lowest BCUT2D eigenvalue weighted by Gasteiger charge is -2.20. The lowest BCUT2D eigenvalue weighted by Crippen LogP contribution is -2.21. The van der Waals surface area contributed by atoms with E-state index in [0.29, 0.717) is 16.5 Å². The second kappa shape index (κ2) is 8.44. The number of carbonyl (C=O) groups excluding carboxylic acids is 2. The molecule has 0 aliphatic carbocycles. The van der Waals surface area contributed by atoms with Crippen LogP contribution in [0.25, 0.3) is 11.0 Å². The average molecular weight is 415 g/mol. The van der Waals surface area contributed by atoms with Gasteiger partial charge >= 0.3 is 5.63 Å². The minimum atomic E-state index is -0.774. The summed E-state index contributed by atoms with van der Waals surface area (Å²) in [5.41, 5.74) is 0.899. The Morgan fingerprint density at radius 1 is 0.871 bits per heavy atom. The summed E-state index contributed by atoms with van der Waals surface area (Å²) in [6.07, 6.45) is 1.27. The topological polar surface area (TPSA) is 80.7 Å². The van der Waals surface area contributed by atoms with Crippen LogP contribution in [-0.4, -0.2) is 24.7 Å². The molecular formula is C25H21NO5. The van der Waals surface area contributed by atoms with Gasteiger partial charge in [-0.1, -0.05) is 30.3 Å². The first kappa shape index (κ1) is 20.3. The van der Waals surface area contributed by atoms with Gasteiger partial charge in [0.15, 0.2) is 11.5 Å². The molecule has 0 unspecified atom stereocenters. The quantitative estimate of drug-likeness (QED) is 0.322. The third-order valence-electron chi connectivity index (χ3n) is 5.24. The molecule has 0 radical (unpaired) electrons. The Morgan fingerprint density at radius 3 is 2.32 bits per heavy atom. The van der Waals surface area contributed by atoms with Gasteiger partial charge in [0.05, 0.1) is 11.8 Å². The van der Waals surface area contributed by atoms with Crippen LogP contribution in [0.1, 0.15) is 45.9 Å². The Labute approximate surface area is 178 Å². The van der Waals surface area contributed by atoms with Gasteiger partial charge in [-0.15, -0.1) is 0 Å². The van der Waals surface area contributed by atoms with Crippen LogP contribution in [-0.2, 0) is 0 Å². The Balaban J connectivity index is 1.73. The number of hydrogen-bond donors (Lipinski definition) is 0. The van der Waals surface area contributed by atoms with Crippen LogP contribution in [0.4, 0.5) is 5.69 Å². The second-order valence-corrected chi connectivity index (χ2v) is 7.03. The molecule has 156 valence electrons. The Hall–Kier alpha value is -3.93. The van der Waals surface area contributed by atoms with Crippen molar-refractivity contribution in [2.45, 2.75) is 13.8 Å². The third-order valence-corrected chi connectivity index (χ3v) is 5.24. The maximum atomic E-state index is 13.1. The van der Waals surface area contributed by atoms with Crippen molar-refractivity contribution in [3.8, 4) is 0 Å². The van der Waals surface area contributed by atoms with Gasteiger partial charge in [-0.25, -0.2) is 4.79 Å². The molecule has 0 aliphatic rings. The highest BCUT2D eigenvalue weighted by molar-refractivity contribution is 6.18. The molecule has 0 N–H and O–H groups in total. The van der Waals surface area contributed by atoms with E-state index in [2.05, 4.69) is 4.90 Å². The standard InChI is InChI=1S/C25H21NO5/c1-3-26(4-2)18-11-10-17-14-20(25(29)31-21(17)15-18)23(28)24-19(12-13-30-24)22(27)16-8-6-5-7-9-16/h5-15H,3-4H2,1-2H3. The molecule has 6 nitrogen and oxygen atoms in total. The summed E-state index contributed by atoms with van der Waals surface area (Å²) in [5.74, 6) is -1.22. The zero-order valence-corrected chi connectivity index (χ0v) is 17.3. The molecule has 0 saturated heterocycles. The molecule has 0 atom stereocenters. The largest absolute Gasteiger partial charge is 0.460 e. The SMILES string of the molecule is CCN(CC)c1ccc2cc(C(=O)c3occc3C(=O)c3ccccc3)c(=O)oc2c1. The maximum Gasteiger partial charge on any atom is 0.347 e. The van der Waals surface area contributed by atoms with Gasteiger partial charge in [0.1, 0.15) is 11.1 Å². The van der Waals surface area contributed by atoms with Crippen LogP contribution in [0.15, 0.2) is 80.6 Å². The molecule has 2 aromatic heterocycles. The van der Waals surface area contributed by atoms with Gasteiger partial charge in [0.2, 0.25) is 5.78 Å². The van der Waals surface area contributed by atoms with Crippen LogP contribution < -0.4 is 10.5 Å². The highest BCUT2D eigenvalue weighted by Crippen LogP contribution is 2.24. The third kappa shape index (κ3) is 3.80. The van der Waals surface area contributed by atoms with E-state index in [9.17, 15) is 14.4 Å². The molecule has 2 aromatic carbocycles. The van der Waals surface area contributed by atoms with Crippen LogP contribution in [0, 0.1) is 0 Å². The number of hydrogen-bond acceptors (Lipinski definition) is 6. The summed E-state index contributed by atoms with van der Waals surface area (Å²) in [4.78, 5) is 40.6. The predicted molar refractivity (Wildman–Crippen MR) is 118 cm³/mol. The zero-order valence-electron chi connectivity index (χ0n) is 17.3. The van der Waals surface area contributed by atoms with Crippen LogP contribution in [0.5, 0.6) is 0 Å². The molecule has 31 heavy (non-hydrogen) atoms. The minimum Gasteiger partial charge on any atom is -0.460 e. The molecule has 2 heterocycles. The van der Waals surface area contributed by atoms with Gasteiger partial charge in [0, 0.05) is 35.8 Å². The first-order valence-corrected chi connectivity index (χ1v) is 10.1. The summed E-state index contributed by atoms with van der Waals surface area (Å²) < 4.78 is 10.8. The van der Waals surface area contributed by atoms with Crippen molar-refractivity contribution in [2.75, 3.05) is 18.0 Å². The van der Waals surface area contributed by atoms with Crippen molar-refractivity contribution in [1.82, 2.24) is 0 Å². The summed E-state index contributed by atoms with van der Waals surface area (Å²) >= 11 is 0. The Kier molecular flexibility index (Phi) is 5.54. The van der Waals surface area contributed by atoms with Crippen LogP contribution >= 0.6 is 0 Å². The molecule has 6 heteroatoms. The van der Waals surface area contributed by atoms with Crippen molar-refractivity contribution >= 4 is 28.2 Å². The fraction of sp³-hybridized carbons (Fsp3) is 0.160. The summed E-state index contributed by atoms with van der Waals surface area (Å²) in [7, 11) is 0. The molecule has 4 rings (SSSR count). The van der Waals surface area contributed by atoms with Crippen molar-refractivity contribution < 1.29 is 18.4 Å². The van der Waals surface area contributed by atoms with Gasteiger partial charge < -0.3 is 13.7 Å². The van der Waals surface area contributed by atoms with Crippen LogP contribution in [0.3, 0.4) is 0 Å².